The minimum atomic E-state index is -0.0106. The molecule has 2 N–H and O–H groups in total. The van der Waals surface area contributed by atoms with Crippen LogP contribution in [0.3, 0.4) is 0 Å². The van der Waals surface area contributed by atoms with Crippen molar-refractivity contribution in [1.82, 2.24) is 10.6 Å². The van der Waals surface area contributed by atoms with E-state index < -0.39 is 0 Å². The van der Waals surface area contributed by atoms with E-state index in [1.54, 1.807) is 0 Å². The van der Waals surface area contributed by atoms with Gasteiger partial charge in [-0.2, -0.15) is 0 Å². The van der Waals surface area contributed by atoms with Crippen LogP contribution in [0.5, 0.6) is 0 Å². The van der Waals surface area contributed by atoms with Gasteiger partial charge in [-0.05, 0) is 31.0 Å². The highest BCUT2D eigenvalue weighted by atomic mass is 16.5. The molecule has 0 bridgehead atoms. The highest BCUT2D eigenvalue weighted by Gasteiger charge is 2.15. The molecular weight excluding hydrogens is 228 g/mol. The van der Waals surface area contributed by atoms with Crippen LogP contribution in [0.4, 0.5) is 0 Å². The first kappa shape index (κ1) is 13.1. The molecule has 0 radical (unpaired) electrons. The lowest BCUT2D eigenvalue weighted by atomic mass is 10.0. The predicted molar refractivity (Wildman–Crippen MR) is 70.9 cm³/mol. The lowest BCUT2D eigenvalue weighted by Crippen LogP contribution is -2.48. The average Bonchev–Trinajstić information content (AvgIpc) is 2.40. The Morgan fingerprint density at radius 1 is 1.50 bits per heavy atom. The Balaban J connectivity index is 1.93. The van der Waals surface area contributed by atoms with Gasteiger partial charge < -0.3 is 15.4 Å². The van der Waals surface area contributed by atoms with E-state index in [1.807, 2.05) is 32.0 Å². The summed E-state index contributed by atoms with van der Waals surface area (Å²) in [5.41, 5.74) is 2.94. The molecule has 1 fully saturated rings. The molecule has 4 nitrogen and oxygen atoms in total. The lowest BCUT2D eigenvalue weighted by Gasteiger charge is -2.24. The molecule has 1 heterocycles. The Morgan fingerprint density at radius 2 is 2.33 bits per heavy atom. The second kappa shape index (κ2) is 5.98. The summed E-state index contributed by atoms with van der Waals surface area (Å²) in [6, 6.07) is 6.01. The van der Waals surface area contributed by atoms with Gasteiger partial charge in [0, 0.05) is 24.7 Å². The number of aryl methyl sites for hydroxylation is 1. The van der Waals surface area contributed by atoms with Crippen LogP contribution in [0.15, 0.2) is 18.2 Å². The molecule has 2 rings (SSSR count). The van der Waals surface area contributed by atoms with Crippen molar-refractivity contribution in [2.45, 2.75) is 19.9 Å². The number of amides is 1. The molecule has 1 aliphatic heterocycles. The fourth-order valence-corrected chi connectivity index (χ4v) is 2.06. The van der Waals surface area contributed by atoms with Crippen LogP contribution >= 0.6 is 0 Å². The van der Waals surface area contributed by atoms with Crippen LogP contribution in [-0.2, 0) is 4.74 Å². The van der Waals surface area contributed by atoms with Gasteiger partial charge in [-0.25, -0.2) is 0 Å². The highest BCUT2D eigenvalue weighted by Crippen LogP contribution is 2.12. The molecule has 0 aromatic heterocycles. The number of hydrogen-bond acceptors (Lipinski definition) is 3. The molecule has 0 saturated carbocycles. The van der Waals surface area contributed by atoms with Gasteiger partial charge in [0.05, 0.1) is 13.2 Å². The molecule has 4 heteroatoms. The van der Waals surface area contributed by atoms with Gasteiger partial charge >= 0.3 is 0 Å². The van der Waals surface area contributed by atoms with Crippen LogP contribution in [0.1, 0.15) is 21.5 Å². The van der Waals surface area contributed by atoms with Crippen molar-refractivity contribution < 1.29 is 9.53 Å². The van der Waals surface area contributed by atoms with Crippen molar-refractivity contribution >= 4 is 5.91 Å². The quantitative estimate of drug-likeness (QED) is 0.839. The van der Waals surface area contributed by atoms with E-state index in [0.29, 0.717) is 13.2 Å². The summed E-state index contributed by atoms with van der Waals surface area (Å²) < 4.78 is 5.35. The van der Waals surface area contributed by atoms with E-state index in [4.69, 9.17) is 4.74 Å². The Morgan fingerprint density at radius 3 is 3.06 bits per heavy atom. The van der Waals surface area contributed by atoms with Crippen LogP contribution in [-0.4, -0.2) is 38.3 Å². The van der Waals surface area contributed by atoms with Crippen molar-refractivity contribution in [2.24, 2.45) is 0 Å². The van der Waals surface area contributed by atoms with Crippen molar-refractivity contribution in [3.63, 3.8) is 0 Å². The zero-order chi connectivity index (χ0) is 13.0. The predicted octanol–water partition coefficient (Wildman–Crippen LogP) is 1.02. The van der Waals surface area contributed by atoms with E-state index in [-0.39, 0.29) is 11.9 Å². The number of morpholine rings is 1. The Hall–Kier alpha value is -1.39. The summed E-state index contributed by atoms with van der Waals surface area (Å²) in [7, 11) is 0. The second-order valence-electron chi connectivity index (χ2n) is 4.68. The number of rotatable bonds is 3. The highest BCUT2D eigenvalue weighted by molar-refractivity contribution is 5.95. The number of hydrogen-bond donors (Lipinski definition) is 2. The number of carbonyl (C=O) groups is 1. The fraction of sp³-hybridized carbons (Fsp3) is 0.500. The maximum absolute atomic E-state index is 12.1. The van der Waals surface area contributed by atoms with E-state index >= 15 is 0 Å². The summed E-state index contributed by atoms with van der Waals surface area (Å²) in [4.78, 5) is 12.1. The maximum Gasteiger partial charge on any atom is 0.251 e. The zero-order valence-corrected chi connectivity index (χ0v) is 11.0. The standard InChI is InChI=1S/C14H20N2O2/c1-10-4-3-5-13(11(10)2)14(17)16-8-12-9-18-7-6-15-12/h3-5,12,15H,6-9H2,1-2H3,(H,16,17). The molecule has 18 heavy (non-hydrogen) atoms. The molecule has 1 atom stereocenters. The molecule has 98 valence electrons. The van der Waals surface area contributed by atoms with Crippen molar-refractivity contribution in [3.8, 4) is 0 Å². The first-order chi connectivity index (χ1) is 8.68. The molecule has 1 unspecified atom stereocenters. The smallest absolute Gasteiger partial charge is 0.251 e. The third-order valence-electron chi connectivity index (χ3n) is 3.36. The van der Waals surface area contributed by atoms with E-state index in [0.717, 1.165) is 29.8 Å². The molecule has 1 amide bonds. The van der Waals surface area contributed by atoms with Crippen LogP contribution < -0.4 is 10.6 Å². The Labute approximate surface area is 108 Å². The van der Waals surface area contributed by atoms with Gasteiger partial charge in [0.25, 0.3) is 5.91 Å². The van der Waals surface area contributed by atoms with Crippen LogP contribution in [0, 0.1) is 13.8 Å². The minimum Gasteiger partial charge on any atom is -0.378 e. The zero-order valence-electron chi connectivity index (χ0n) is 11.0. The Kier molecular flexibility index (Phi) is 4.33. The summed E-state index contributed by atoms with van der Waals surface area (Å²) in [5.74, 6) is -0.0106. The first-order valence-corrected chi connectivity index (χ1v) is 6.34. The normalized spacial score (nSPS) is 19.6. The first-order valence-electron chi connectivity index (χ1n) is 6.34. The van der Waals surface area contributed by atoms with Crippen LogP contribution in [0.2, 0.25) is 0 Å². The molecular formula is C14H20N2O2. The van der Waals surface area contributed by atoms with Crippen molar-refractivity contribution in [2.75, 3.05) is 26.3 Å². The van der Waals surface area contributed by atoms with Gasteiger partial charge in [-0.1, -0.05) is 12.1 Å². The number of benzene rings is 1. The summed E-state index contributed by atoms with van der Waals surface area (Å²) >= 11 is 0. The van der Waals surface area contributed by atoms with Gasteiger partial charge in [-0.3, -0.25) is 4.79 Å². The number of nitrogens with one attached hydrogen (secondary N) is 2. The molecule has 0 aliphatic carbocycles. The lowest BCUT2D eigenvalue weighted by molar-refractivity contribution is 0.0734. The molecule has 1 aromatic carbocycles. The minimum absolute atomic E-state index is 0.0106. The van der Waals surface area contributed by atoms with Crippen molar-refractivity contribution in [1.29, 1.82) is 0 Å². The molecule has 1 aromatic rings. The third kappa shape index (κ3) is 3.09. The molecule has 1 aliphatic rings. The van der Waals surface area contributed by atoms with Crippen LogP contribution in [0.25, 0.3) is 0 Å². The molecule has 1 saturated heterocycles. The maximum atomic E-state index is 12.1. The van der Waals surface area contributed by atoms with E-state index in [1.165, 1.54) is 0 Å². The number of ether oxygens (including phenoxy) is 1. The second-order valence-corrected chi connectivity index (χ2v) is 4.68. The van der Waals surface area contributed by atoms with E-state index in [2.05, 4.69) is 10.6 Å². The molecule has 0 spiro atoms. The summed E-state index contributed by atoms with van der Waals surface area (Å²) in [5, 5.41) is 6.27. The van der Waals surface area contributed by atoms with Gasteiger partial charge in [0.1, 0.15) is 0 Å². The number of carbonyl (C=O) groups excluding carboxylic acids is 1. The third-order valence-corrected chi connectivity index (χ3v) is 3.36. The Bertz CT molecular complexity index is 426. The summed E-state index contributed by atoms with van der Waals surface area (Å²) in [6.45, 7) is 6.86. The van der Waals surface area contributed by atoms with E-state index in [9.17, 15) is 4.79 Å². The average molecular weight is 248 g/mol. The topological polar surface area (TPSA) is 50.4 Å². The van der Waals surface area contributed by atoms with Gasteiger partial charge in [-0.15, -0.1) is 0 Å². The monoisotopic (exact) mass is 248 g/mol. The largest absolute Gasteiger partial charge is 0.378 e. The fourth-order valence-electron chi connectivity index (χ4n) is 2.06. The summed E-state index contributed by atoms with van der Waals surface area (Å²) in [6.07, 6.45) is 0. The van der Waals surface area contributed by atoms with Gasteiger partial charge in [0.15, 0.2) is 0 Å². The van der Waals surface area contributed by atoms with Crippen molar-refractivity contribution in [3.05, 3.63) is 34.9 Å². The van der Waals surface area contributed by atoms with Gasteiger partial charge in [0.2, 0.25) is 0 Å². The SMILES string of the molecule is Cc1cccc(C(=O)NCC2COCCN2)c1C.